The number of ether oxygens (including phenoxy) is 2. The molecule has 7 atom stereocenters. The maximum Gasteiger partial charge on any atom is 0.237 e. The van der Waals surface area contributed by atoms with Gasteiger partial charge in [0.15, 0.2) is 12.6 Å². The van der Waals surface area contributed by atoms with E-state index in [0.717, 1.165) is 50.5 Å². The number of allylic oxidation sites excluding steroid dienone is 1. The molecule has 0 aromatic carbocycles. The van der Waals surface area contributed by atoms with Gasteiger partial charge in [-0.25, -0.2) is 0 Å². The first-order valence-corrected chi connectivity index (χ1v) is 12.5. The van der Waals surface area contributed by atoms with E-state index >= 15 is 0 Å². The Bertz CT molecular complexity index is 845. The van der Waals surface area contributed by atoms with E-state index in [1.54, 1.807) is 6.08 Å². The van der Waals surface area contributed by atoms with Crippen LogP contribution in [0.4, 0.5) is 0 Å². The van der Waals surface area contributed by atoms with E-state index in [1.807, 2.05) is 0 Å². The van der Waals surface area contributed by atoms with Crippen molar-refractivity contribution in [3.63, 3.8) is 0 Å². The van der Waals surface area contributed by atoms with Gasteiger partial charge in [-0.2, -0.15) is 0 Å². The summed E-state index contributed by atoms with van der Waals surface area (Å²) in [5.74, 6) is -0.677. The monoisotopic (exact) mass is 446 g/mol. The summed E-state index contributed by atoms with van der Waals surface area (Å²) in [6, 6.07) is 0. The van der Waals surface area contributed by atoms with E-state index in [4.69, 9.17) is 9.47 Å². The normalized spacial score (nSPS) is 46.7. The molecule has 1 saturated heterocycles. The zero-order valence-electron chi connectivity index (χ0n) is 19.7. The van der Waals surface area contributed by atoms with E-state index < -0.39 is 23.9 Å². The number of hydrogen-bond donors (Lipinski definition) is 2. The summed E-state index contributed by atoms with van der Waals surface area (Å²) in [6.07, 6.45) is 8.51. The first kappa shape index (κ1) is 22.7. The van der Waals surface area contributed by atoms with Crippen LogP contribution in [0.5, 0.6) is 0 Å². The van der Waals surface area contributed by atoms with Crippen molar-refractivity contribution >= 4 is 11.6 Å². The molecule has 3 saturated carbocycles. The first-order valence-electron chi connectivity index (χ1n) is 12.5. The van der Waals surface area contributed by atoms with Gasteiger partial charge in [0.1, 0.15) is 6.61 Å². The van der Waals surface area contributed by atoms with Crippen LogP contribution in [0.15, 0.2) is 11.6 Å². The number of Topliss-reactive ketones (excluding diaryl/α,β-unsaturated/α-hetero) is 1. The molecule has 0 aromatic heterocycles. The van der Waals surface area contributed by atoms with Crippen LogP contribution >= 0.6 is 0 Å². The van der Waals surface area contributed by atoms with Crippen molar-refractivity contribution in [1.82, 2.24) is 0 Å². The molecule has 0 bridgehead atoms. The van der Waals surface area contributed by atoms with Crippen molar-refractivity contribution in [1.29, 1.82) is 0 Å². The molecule has 1 aliphatic heterocycles. The number of fused-ring (bicyclic) bond motifs is 5. The highest BCUT2D eigenvalue weighted by atomic mass is 16.9. The number of carbonyl (C=O) groups is 2. The fourth-order valence-electron chi connectivity index (χ4n) is 8.98. The molecule has 1 heterocycles. The summed E-state index contributed by atoms with van der Waals surface area (Å²) < 4.78 is 11.3. The number of aliphatic hydroxyl groups is 2. The van der Waals surface area contributed by atoms with Crippen molar-refractivity contribution in [2.24, 2.45) is 34.0 Å². The molecule has 0 unspecified atom stereocenters. The fraction of sp³-hybridized carbons (Fsp3) is 0.846. The van der Waals surface area contributed by atoms with Gasteiger partial charge in [-0.15, -0.1) is 0 Å². The zero-order chi connectivity index (χ0) is 22.9. The van der Waals surface area contributed by atoms with E-state index in [-0.39, 0.29) is 41.0 Å². The van der Waals surface area contributed by atoms with Gasteiger partial charge in [0.25, 0.3) is 0 Å². The lowest BCUT2D eigenvalue weighted by atomic mass is 9.43. The molecule has 4 aliphatic carbocycles. The van der Waals surface area contributed by atoms with Gasteiger partial charge in [0.2, 0.25) is 11.6 Å². The lowest BCUT2D eigenvalue weighted by Gasteiger charge is -2.63. The smallest absolute Gasteiger partial charge is 0.237 e. The number of aliphatic hydroxyl groups excluding tert-OH is 2. The average molecular weight is 447 g/mol. The second kappa shape index (κ2) is 7.46. The van der Waals surface area contributed by atoms with Crippen LogP contribution in [-0.4, -0.2) is 47.1 Å². The minimum Gasteiger partial charge on any atom is -0.393 e. The highest BCUT2D eigenvalue weighted by Crippen LogP contribution is 2.71. The second-order valence-electron chi connectivity index (χ2n) is 11.6. The number of ketones is 2. The van der Waals surface area contributed by atoms with E-state index in [9.17, 15) is 19.8 Å². The summed E-state index contributed by atoms with van der Waals surface area (Å²) in [5, 5.41) is 21.6. The van der Waals surface area contributed by atoms with Crippen molar-refractivity contribution in [2.75, 3.05) is 13.4 Å². The van der Waals surface area contributed by atoms with Gasteiger partial charge in [0, 0.05) is 11.8 Å². The van der Waals surface area contributed by atoms with Crippen molar-refractivity contribution < 1.29 is 29.3 Å². The lowest BCUT2D eigenvalue weighted by molar-refractivity contribution is -0.384. The van der Waals surface area contributed by atoms with Crippen LogP contribution in [-0.2, 0) is 19.1 Å². The molecule has 178 valence electrons. The first-order chi connectivity index (χ1) is 15.2. The number of carbonyl (C=O) groups excluding carboxylic acids is 2. The van der Waals surface area contributed by atoms with Crippen LogP contribution in [0.1, 0.15) is 78.6 Å². The van der Waals surface area contributed by atoms with Gasteiger partial charge in [-0.05, 0) is 73.2 Å². The standard InChI is InChI=1S/C26H38O6/c1-4-5-9-25(21(30)13-27)10-8-18-17-7-6-16-11-20(29)26(31-15-32-26)14-23(16,2)22(17)19(28)12-24(18,25)3/h11,17-19,22,27-28H,4-10,12-15H2,1-3H3/t17-,18-,19-,22+,23-,24-,25+/m0/s1. The highest BCUT2D eigenvalue weighted by Gasteiger charge is 2.69. The molecule has 0 radical (unpaired) electrons. The summed E-state index contributed by atoms with van der Waals surface area (Å²) in [5.41, 5.74) is -0.0905. The Labute approximate surface area is 190 Å². The van der Waals surface area contributed by atoms with Crippen molar-refractivity contribution in [2.45, 2.75) is 90.4 Å². The Morgan fingerprint density at radius 3 is 2.62 bits per heavy atom. The maximum atomic E-state index is 13.2. The number of hydrogen-bond acceptors (Lipinski definition) is 6. The molecule has 32 heavy (non-hydrogen) atoms. The Morgan fingerprint density at radius 2 is 2.00 bits per heavy atom. The molecule has 4 fully saturated rings. The fourth-order valence-corrected chi connectivity index (χ4v) is 8.98. The van der Waals surface area contributed by atoms with Crippen LogP contribution < -0.4 is 0 Å². The van der Waals surface area contributed by atoms with Crippen molar-refractivity contribution in [3.8, 4) is 0 Å². The SMILES string of the molecule is CCCC[C@]1(C(=O)CO)CC[C@H]2[C@@H]3CCC4=CC(=O)C5(C[C@]4(C)[C@H]3[C@@H](O)C[C@@]21C)OCO5. The third kappa shape index (κ3) is 2.73. The highest BCUT2D eigenvalue weighted by molar-refractivity contribution is 5.98. The molecular formula is C26H38O6. The van der Waals surface area contributed by atoms with Gasteiger partial charge < -0.3 is 19.7 Å². The third-order valence-electron chi connectivity index (χ3n) is 10.5. The molecule has 0 aromatic rings. The Balaban J connectivity index is 1.53. The molecule has 5 aliphatic rings. The molecule has 5 rings (SSSR count). The minimum atomic E-state index is -1.17. The van der Waals surface area contributed by atoms with Gasteiger partial charge in [0.05, 0.1) is 6.10 Å². The second-order valence-corrected chi connectivity index (χ2v) is 11.6. The predicted molar refractivity (Wildman–Crippen MR) is 117 cm³/mol. The van der Waals surface area contributed by atoms with Gasteiger partial charge in [-0.1, -0.05) is 39.2 Å². The Hall–Kier alpha value is -1.08. The van der Waals surface area contributed by atoms with Gasteiger partial charge in [-0.3, -0.25) is 9.59 Å². The zero-order valence-corrected chi connectivity index (χ0v) is 19.7. The van der Waals surface area contributed by atoms with Crippen LogP contribution in [0.3, 0.4) is 0 Å². The molecule has 2 N–H and O–H groups in total. The van der Waals surface area contributed by atoms with E-state index in [1.165, 1.54) is 0 Å². The molecule has 1 spiro atoms. The minimum absolute atomic E-state index is 0.0181. The quantitative estimate of drug-likeness (QED) is 0.671. The molecule has 0 amide bonds. The van der Waals surface area contributed by atoms with Crippen LogP contribution in [0.2, 0.25) is 0 Å². The van der Waals surface area contributed by atoms with E-state index in [2.05, 4.69) is 20.8 Å². The topological polar surface area (TPSA) is 93.1 Å². The Morgan fingerprint density at radius 1 is 1.25 bits per heavy atom. The van der Waals surface area contributed by atoms with E-state index in [0.29, 0.717) is 18.8 Å². The maximum absolute atomic E-state index is 13.2. The van der Waals surface area contributed by atoms with Crippen LogP contribution in [0.25, 0.3) is 0 Å². The molecule has 6 nitrogen and oxygen atoms in total. The summed E-state index contributed by atoms with van der Waals surface area (Å²) in [4.78, 5) is 25.9. The van der Waals surface area contributed by atoms with Crippen molar-refractivity contribution in [3.05, 3.63) is 11.6 Å². The Kier molecular flexibility index (Phi) is 5.29. The van der Waals surface area contributed by atoms with Crippen LogP contribution in [0, 0.1) is 34.0 Å². The van der Waals surface area contributed by atoms with Gasteiger partial charge >= 0.3 is 0 Å². The largest absolute Gasteiger partial charge is 0.393 e. The number of rotatable bonds is 5. The molecular weight excluding hydrogens is 408 g/mol. The predicted octanol–water partition coefficient (Wildman–Crippen LogP) is 3.54. The summed E-state index contributed by atoms with van der Waals surface area (Å²) in [7, 11) is 0. The lowest BCUT2D eigenvalue weighted by Crippen LogP contribution is -2.64. The average Bonchev–Trinajstić information content (AvgIpc) is 3.02. The third-order valence-corrected chi connectivity index (χ3v) is 10.5. The number of unbranched alkanes of at least 4 members (excludes halogenated alkanes) is 1. The summed E-state index contributed by atoms with van der Waals surface area (Å²) >= 11 is 0. The molecule has 6 heteroatoms. The summed E-state index contributed by atoms with van der Waals surface area (Å²) in [6.45, 7) is 6.26.